The van der Waals surface area contributed by atoms with E-state index in [9.17, 15) is 14.0 Å². The van der Waals surface area contributed by atoms with Crippen molar-refractivity contribution in [3.8, 4) is 0 Å². The van der Waals surface area contributed by atoms with Crippen LogP contribution in [0, 0.1) is 11.7 Å². The number of piperazine rings is 1. The zero-order valence-electron chi connectivity index (χ0n) is 14.5. The van der Waals surface area contributed by atoms with Gasteiger partial charge < -0.3 is 19.4 Å². The molecular weight excluding hydrogens is 325 g/mol. The highest BCUT2D eigenvalue weighted by Gasteiger charge is 2.33. The number of amides is 2. The number of carbonyl (C=O) groups is 2. The molecule has 2 saturated heterocycles. The predicted octanol–water partition coefficient (Wildman–Crippen LogP) is 1.95. The van der Waals surface area contributed by atoms with Gasteiger partial charge in [-0.3, -0.25) is 4.79 Å². The number of ether oxygens (including phenoxy) is 1. The Balaban J connectivity index is 1.56. The molecule has 0 N–H and O–H groups in total. The van der Waals surface area contributed by atoms with Crippen molar-refractivity contribution in [2.75, 3.05) is 51.3 Å². The van der Waals surface area contributed by atoms with Gasteiger partial charge in [-0.25, -0.2) is 9.18 Å². The van der Waals surface area contributed by atoms with E-state index < -0.39 is 0 Å². The lowest BCUT2D eigenvalue weighted by Crippen LogP contribution is -2.53. The molecule has 1 unspecified atom stereocenters. The van der Waals surface area contributed by atoms with Crippen LogP contribution < -0.4 is 4.90 Å². The van der Waals surface area contributed by atoms with Gasteiger partial charge in [-0.1, -0.05) is 12.1 Å². The Morgan fingerprint density at radius 3 is 2.48 bits per heavy atom. The summed E-state index contributed by atoms with van der Waals surface area (Å²) in [7, 11) is 1.36. The monoisotopic (exact) mass is 349 g/mol. The molecule has 25 heavy (non-hydrogen) atoms. The second kappa shape index (κ2) is 7.72. The fourth-order valence-corrected chi connectivity index (χ4v) is 3.61. The number of carbonyl (C=O) groups excluding carboxylic acids is 2. The Bertz CT molecular complexity index is 632. The summed E-state index contributed by atoms with van der Waals surface area (Å²) < 4.78 is 18.7. The molecule has 0 aliphatic carbocycles. The van der Waals surface area contributed by atoms with Crippen LogP contribution in [0.1, 0.15) is 12.8 Å². The molecule has 1 aromatic rings. The average Bonchev–Trinajstić information content (AvgIpc) is 2.67. The maximum atomic E-state index is 13.9. The first-order valence-electron chi connectivity index (χ1n) is 8.71. The van der Waals surface area contributed by atoms with Crippen LogP contribution >= 0.6 is 0 Å². The van der Waals surface area contributed by atoms with Gasteiger partial charge in [0.25, 0.3) is 0 Å². The zero-order valence-corrected chi connectivity index (χ0v) is 14.5. The summed E-state index contributed by atoms with van der Waals surface area (Å²) in [5, 5.41) is 0. The van der Waals surface area contributed by atoms with Crippen molar-refractivity contribution in [2.24, 2.45) is 5.92 Å². The third-order valence-electron chi connectivity index (χ3n) is 4.99. The number of hydrogen-bond donors (Lipinski definition) is 0. The molecule has 2 aliphatic heterocycles. The highest BCUT2D eigenvalue weighted by Crippen LogP contribution is 2.23. The number of halogens is 1. The molecule has 7 heteroatoms. The number of nitrogens with zero attached hydrogens (tertiary/aromatic N) is 3. The van der Waals surface area contributed by atoms with Crippen molar-refractivity contribution in [2.45, 2.75) is 12.8 Å². The summed E-state index contributed by atoms with van der Waals surface area (Å²) in [5.41, 5.74) is 0.587. The topological polar surface area (TPSA) is 53.1 Å². The quantitative estimate of drug-likeness (QED) is 0.819. The predicted molar refractivity (Wildman–Crippen MR) is 91.9 cm³/mol. The van der Waals surface area contributed by atoms with Gasteiger partial charge in [0, 0.05) is 39.3 Å². The molecule has 0 saturated carbocycles. The third-order valence-corrected chi connectivity index (χ3v) is 4.99. The second-order valence-corrected chi connectivity index (χ2v) is 6.52. The minimum absolute atomic E-state index is 0.0850. The van der Waals surface area contributed by atoms with Crippen molar-refractivity contribution >= 4 is 17.7 Å². The molecule has 2 aliphatic rings. The Labute approximate surface area is 147 Å². The lowest BCUT2D eigenvalue weighted by atomic mass is 9.96. The van der Waals surface area contributed by atoms with Gasteiger partial charge in [-0.2, -0.15) is 0 Å². The minimum Gasteiger partial charge on any atom is -0.453 e. The van der Waals surface area contributed by atoms with Crippen molar-refractivity contribution < 1.29 is 18.7 Å². The first-order chi connectivity index (χ1) is 12.1. The smallest absolute Gasteiger partial charge is 0.409 e. The van der Waals surface area contributed by atoms with E-state index in [1.807, 2.05) is 15.9 Å². The van der Waals surface area contributed by atoms with E-state index in [1.54, 1.807) is 17.0 Å². The molecule has 0 bridgehead atoms. The van der Waals surface area contributed by atoms with Gasteiger partial charge in [0.2, 0.25) is 5.91 Å². The van der Waals surface area contributed by atoms with Crippen LogP contribution in [0.3, 0.4) is 0 Å². The van der Waals surface area contributed by atoms with Crippen molar-refractivity contribution in [1.82, 2.24) is 9.80 Å². The highest BCUT2D eigenvalue weighted by molar-refractivity contribution is 5.80. The number of methoxy groups -OCH3 is 1. The van der Waals surface area contributed by atoms with Crippen LogP contribution in [0.5, 0.6) is 0 Å². The van der Waals surface area contributed by atoms with E-state index in [0.717, 1.165) is 12.8 Å². The SMILES string of the molecule is COC(=O)N1CCCC(C(=O)N2CCN(c3ccccc3F)CC2)C1. The summed E-state index contributed by atoms with van der Waals surface area (Å²) in [6.07, 6.45) is 1.22. The Hall–Kier alpha value is -2.31. The van der Waals surface area contributed by atoms with Gasteiger partial charge in [0.05, 0.1) is 18.7 Å². The average molecular weight is 349 g/mol. The van der Waals surface area contributed by atoms with E-state index in [4.69, 9.17) is 4.74 Å². The Kier molecular flexibility index (Phi) is 5.40. The number of hydrogen-bond acceptors (Lipinski definition) is 4. The van der Waals surface area contributed by atoms with E-state index >= 15 is 0 Å². The Morgan fingerprint density at radius 2 is 1.80 bits per heavy atom. The number of para-hydroxylation sites is 1. The fraction of sp³-hybridized carbons (Fsp3) is 0.556. The fourth-order valence-electron chi connectivity index (χ4n) is 3.61. The summed E-state index contributed by atoms with van der Waals surface area (Å²) in [6, 6.07) is 6.71. The number of benzene rings is 1. The van der Waals surface area contributed by atoms with Crippen LogP contribution in [0.15, 0.2) is 24.3 Å². The highest BCUT2D eigenvalue weighted by atomic mass is 19.1. The molecule has 2 fully saturated rings. The molecule has 6 nitrogen and oxygen atoms in total. The number of anilines is 1. The molecule has 0 spiro atoms. The lowest BCUT2D eigenvalue weighted by Gasteiger charge is -2.39. The first kappa shape index (κ1) is 17.5. The number of piperidine rings is 1. The van der Waals surface area contributed by atoms with Crippen molar-refractivity contribution in [3.05, 3.63) is 30.1 Å². The maximum absolute atomic E-state index is 13.9. The number of likely N-dealkylation sites (tertiary alicyclic amines) is 1. The van der Waals surface area contributed by atoms with Gasteiger partial charge in [0.15, 0.2) is 0 Å². The Morgan fingerprint density at radius 1 is 1.08 bits per heavy atom. The van der Waals surface area contributed by atoms with E-state index in [1.165, 1.54) is 13.2 Å². The molecule has 2 heterocycles. The van der Waals surface area contributed by atoms with E-state index in [-0.39, 0.29) is 23.7 Å². The summed E-state index contributed by atoms with van der Waals surface area (Å²) in [6.45, 7) is 3.42. The summed E-state index contributed by atoms with van der Waals surface area (Å²) in [4.78, 5) is 29.9. The molecule has 0 radical (unpaired) electrons. The lowest BCUT2D eigenvalue weighted by molar-refractivity contribution is -0.137. The van der Waals surface area contributed by atoms with Gasteiger partial charge in [-0.05, 0) is 25.0 Å². The normalized spacial score (nSPS) is 21.2. The largest absolute Gasteiger partial charge is 0.453 e. The van der Waals surface area contributed by atoms with Crippen LogP contribution in [-0.2, 0) is 9.53 Å². The second-order valence-electron chi connectivity index (χ2n) is 6.52. The molecule has 1 aromatic carbocycles. The molecule has 0 aromatic heterocycles. The van der Waals surface area contributed by atoms with E-state index in [2.05, 4.69) is 0 Å². The maximum Gasteiger partial charge on any atom is 0.409 e. The molecule has 2 amide bonds. The van der Waals surface area contributed by atoms with Crippen LogP contribution in [0.25, 0.3) is 0 Å². The van der Waals surface area contributed by atoms with Crippen molar-refractivity contribution in [1.29, 1.82) is 0 Å². The van der Waals surface area contributed by atoms with E-state index in [0.29, 0.717) is 45.0 Å². The molecular formula is C18H24FN3O3. The van der Waals surface area contributed by atoms with Gasteiger partial charge in [-0.15, -0.1) is 0 Å². The zero-order chi connectivity index (χ0) is 17.8. The summed E-state index contributed by atoms with van der Waals surface area (Å²) in [5.74, 6) is -0.321. The third kappa shape index (κ3) is 3.86. The molecule has 3 rings (SSSR count). The van der Waals surface area contributed by atoms with Crippen LogP contribution in [-0.4, -0.2) is 68.2 Å². The first-order valence-corrected chi connectivity index (χ1v) is 8.71. The molecule has 136 valence electrons. The van der Waals surface area contributed by atoms with Crippen LogP contribution in [0.4, 0.5) is 14.9 Å². The number of rotatable bonds is 2. The standard InChI is InChI=1S/C18H24FN3O3/c1-25-18(24)22-8-4-5-14(13-22)17(23)21-11-9-20(10-12-21)16-7-3-2-6-15(16)19/h2-3,6-7,14H,4-5,8-13H2,1H3. The molecule has 1 atom stereocenters. The summed E-state index contributed by atoms with van der Waals surface area (Å²) >= 11 is 0. The van der Waals surface area contributed by atoms with Gasteiger partial charge in [0.1, 0.15) is 5.82 Å². The van der Waals surface area contributed by atoms with Crippen molar-refractivity contribution in [3.63, 3.8) is 0 Å². The van der Waals surface area contributed by atoms with Crippen LogP contribution in [0.2, 0.25) is 0 Å². The van der Waals surface area contributed by atoms with Gasteiger partial charge >= 0.3 is 6.09 Å². The minimum atomic E-state index is -0.373.